The molecule has 1 aliphatic rings. The van der Waals surface area contributed by atoms with E-state index >= 15 is 0 Å². The molecule has 1 aliphatic carbocycles. The number of phenols is 1. The van der Waals surface area contributed by atoms with Gasteiger partial charge in [0.25, 0.3) is 0 Å². The molecule has 4 N–H and O–H groups in total. The number of hydrogen-bond donors (Lipinski definition) is 3. The molecule has 1 heterocycles. The second-order valence-electron chi connectivity index (χ2n) is 10.1. The van der Waals surface area contributed by atoms with Gasteiger partial charge in [0.15, 0.2) is 11.6 Å². The van der Waals surface area contributed by atoms with E-state index in [4.69, 9.17) is 5.73 Å². The SMILES string of the molecule is Br.Br.NC(=O)CCN(CCc1cccc(F)c1F)CCN(CCc1ccc(O)c2[nH]c(=O)sc12)C1CCCCC1. The van der Waals surface area contributed by atoms with Crippen LogP contribution in [0.3, 0.4) is 0 Å². The van der Waals surface area contributed by atoms with Crippen molar-refractivity contribution in [1.29, 1.82) is 0 Å². The normalized spacial score (nSPS) is 13.9. The molecule has 2 aromatic carbocycles. The number of aromatic amines is 1. The third-order valence-corrected chi connectivity index (χ3v) is 8.46. The first kappa shape index (κ1) is 34.3. The van der Waals surface area contributed by atoms with Gasteiger partial charge in [-0.2, -0.15) is 0 Å². The van der Waals surface area contributed by atoms with E-state index in [0.29, 0.717) is 43.2 Å². The van der Waals surface area contributed by atoms with E-state index in [1.54, 1.807) is 12.1 Å². The number of nitrogens with two attached hydrogens (primary N) is 1. The maximum atomic E-state index is 14.2. The summed E-state index contributed by atoms with van der Waals surface area (Å²) in [6.07, 6.45) is 7.14. The van der Waals surface area contributed by atoms with Gasteiger partial charge in [0, 0.05) is 45.2 Å². The molecule has 12 heteroatoms. The number of aromatic nitrogens is 1. The molecule has 1 aromatic heterocycles. The average molecular weight is 709 g/mol. The zero-order chi connectivity index (χ0) is 27.1. The van der Waals surface area contributed by atoms with E-state index in [9.17, 15) is 23.5 Å². The van der Waals surface area contributed by atoms with Crippen LogP contribution in [0.15, 0.2) is 35.1 Å². The fraction of sp³-hybridized carbons (Fsp3) is 0.500. The van der Waals surface area contributed by atoms with Gasteiger partial charge in [0.1, 0.15) is 11.3 Å². The summed E-state index contributed by atoms with van der Waals surface area (Å²) in [4.78, 5) is 30.5. The van der Waals surface area contributed by atoms with Gasteiger partial charge in [0.05, 0.1) is 4.70 Å². The van der Waals surface area contributed by atoms with Gasteiger partial charge in [-0.1, -0.05) is 48.8 Å². The second-order valence-corrected chi connectivity index (χ2v) is 11.0. The van der Waals surface area contributed by atoms with Crippen LogP contribution in [0.4, 0.5) is 8.78 Å². The van der Waals surface area contributed by atoms with Crippen molar-refractivity contribution in [3.05, 3.63) is 62.8 Å². The third kappa shape index (κ3) is 9.34. The van der Waals surface area contributed by atoms with Crippen molar-refractivity contribution in [3.8, 4) is 5.75 Å². The number of aromatic hydroxyl groups is 1. The van der Waals surface area contributed by atoms with Crippen LogP contribution in [0.5, 0.6) is 5.75 Å². The predicted octanol–water partition coefficient (Wildman–Crippen LogP) is 5.33. The van der Waals surface area contributed by atoms with Crippen molar-refractivity contribution >= 4 is 61.4 Å². The number of hydrogen-bond acceptors (Lipinski definition) is 6. The highest BCUT2D eigenvalue weighted by Crippen LogP contribution is 2.29. The Kier molecular flexibility index (Phi) is 14.2. The molecule has 1 fully saturated rings. The molecule has 0 radical (unpaired) electrons. The van der Waals surface area contributed by atoms with Crippen molar-refractivity contribution in [3.63, 3.8) is 0 Å². The van der Waals surface area contributed by atoms with Crippen LogP contribution in [0.1, 0.15) is 49.7 Å². The zero-order valence-corrected chi connectivity index (χ0v) is 26.6. The second kappa shape index (κ2) is 16.5. The van der Waals surface area contributed by atoms with Gasteiger partial charge in [-0.3, -0.25) is 14.5 Å². The topological polar surface area (TPSA) is 103 Å². The van der Waals surface area contributed by atoms with E-state index in [1.807, 2.05) is 6.07 Å². The lowest BCUT2D eigenvalue weighted by molar-refractivity contribution is -0.118. The molecule has 0 unspecified atom stereocenters. The molecule has 3 aromatic rings. The number of phenolic OH excluding ortho intramolecular Hbond substituents is 1. The summed E-state index contributed by atoms with van der Waals surface area (Å²) in [5.74, 6) is -1.99. The van der Waals surface area contributed by atoms with Gasteiger partial charge in [0.2, 0.25) is 5.91 Å². The lowest BCUT2D eigenvalue weighted by Crippen LogP contribution is -2.44. The summed E-state index contributed by atoms with van der Waals surface area (Å²) in [5, 5.41) is 10.1. The molecular weight excluding hydrogens is 670 g/mol. The van der Waals surface area contributed by atoms with Crippen molar-refractivity contribution in [2.45, 2.75) is 57.4 Å². The molecule has 1 saturated carbocycles. The number of carbonyl (C=O) groups is 1. The Bertz CT molecular complexity index is 1300. The third-order valence-electron chi connectivity index (χ3n) is 7.51. The van der Waals surface area contributed by atoms with Crippen LogP contribution in [0, 0.1) is 11.6 Å². The smallest absolute Gasteiger partial charge is 0.305 e. The molecule has 0 spiro atoms. The maximum absolute atomic E-state index is 14.2. The minimum Gasteiger partial charge on any atom is -0.506 e. The van der Waals surface area contributed by atoms with Crippen molar-refractivity contribution < 1.29 is 18.7 Å². The summed E-state index contributed by atoms with van der Waals surface area (Å²) >= 11 is 1.12. The van der Waals surface area contributed by atoms with Gasteiger partial charge < -0.3 is 20.7 Å². The molecule has 0 bridgehead atoms. The van der Waals surface area contributed by atoms with E-state index < -0.39 is 17.5 Å². The first-order chi connectivity index (χ1) is 18.3. The van der Waals surface area contributed by atoms with Crippen molar-refractivity contribution in [1.82, 2.24) is 14.8 Å². The van der Waals surface area contributed by atoms with Crippen molar-refractivity contribution in [2.24, 2.45) is 5.73 Å². The number of carbonyl (C=O) groups excluding carboxylic acids is 1. The number of nitrogens with zero attached hydrogens (tertiary/aromatic N) is 2. The molecule has 0 atom stereocenters. The minimum atomic E-state index is -0.856. The number of primary amides is 1. The molecule has 1 amide bonds. The van der Waals surface area contributed by atoms with Crippen LogP contribution in [-0.4, -0.2) is 64.6 Å². The standard InChI is InChI=1S/C28H36F2N4O3S.2BrH/c29-22-8-4-5-19(25(22)30)11-14-33(15-13-24(31)36)17-18-34(21-6-2-1-3-7-21)16-12-20-9-10-23(35)26-27(20)38-28(37)32-26;;/h4-5,8-10,21,35H,1-3,6-7,11-18H2,(H2,31,36)(H,32,37);2*1H. The molecular formula is C28H38Br2F2N4O3S. The monoisotopic (exact) mass is 706 g/mol. The number of amides is 1. The Morgan fingerprint density at radius 1 is 0.975 bits per heavy atom. The quantitative estimate of drug-likeness (QED) is 0.223. The van der Waals surface area contributed by atoms with Gasteiger partial charge in [-0.25, -0.2) is 8.78 Å². The van der Waals surface area contributed by atoms with Crippen LogP contribution in [-0.2, 0) is 17.6 Å². The fourth-order valence-electron chi connectivity index (χ4n) is 5.35. The van der Waals surface area contributed by atoms with Gasteiger partial charge >= 0.3 is 4.87 Å². The molecule has 4 rings (SSSR count). The zero-order valence-electron chi connectivity index (χ0n) is 22.4. The first-order valence-corrected chi connectivity index (χ1v) is 14.1. The molecule has 7 nitrogen and oxygen atoms in total. The maximum Gasteiger partial charge on any atom is 0.305 e. The number of nitrogens with one attached hydrogen (secondary N) is 1. The summed E-state index contributed by atoms with van der Waals surface area (Å²) in [6.45, 7) is 3.17. The highest BCUT2D eigenvalue weighted by atomic mass is 79.9. The first-order valence-electron chi connectivity index (χ1n) is 13.3. The molecule has 0 saturated heterocycles. The van der Waals surface area contributed by atoms with Crippen molar-refractivity contribution in [2.75, 3.05) is 32.7 Å². The Morgan fingerprint density at radius 3 is 2.42 bits per heavy atom. The largest absolute Gasteiger partial charge is 0.506 e. The number of halogens is 4. The minimum absolute atomic E-state index is 0. The summed E-state index contributed by atoms with van der Waals surface area (Å²) in [6, 6.07) is 8.16. The molecule has 0 aliphatic heterocycles. The number of rotatable bonds is 13. The number of thiazole rings is 1. The van der Waals surface area contributed by atoms with Gasteiger partial charge in [-0.05, 0) is 48.9 Å². The number of benzene rings is 2. The highest BCUT2D eigenvalue weighted by molar-refractivity contribution is 8.93. The van der Waals surface area contributed by atoms with E-state index in [-0.39, 0.29) is 51.0 Å². The Hall–Kier alpha value is -1.86. The van der Waals surface area contributed by atoms with E-state index in [1.165, 1.54) is 25.3 Å². The fourth-order valence-corrected chi connectivity index (χ4v) is 6.25. The molecule has 222 valence electrons. The summed E-state index contributed by atoms with van der Waals surface area (Å²) in [7, 11) is 0. The van der Waals surface area contributed by atoms with Gasteiger partial charge in [-0.15, -0.1) is 34.0 Å². The lowest BCUT2D eigenvalue weighted by atomic mass is 9.93. The van der Waals surface area contributed by atoms with Crippen LogP contribution >= 0.6 is 45.3 Å². The summed E-state index contributed by atoms with van der Waals surface area (Å²) < 4.78 is 28.7. The highest BCUT2D eigenvalue weighted by Gasteiger charge is 2.22. The lowest BCUT2D eigenvalue weighted by Gasteiger charge is -2.36. The Morgan fingerprint density at radius 2 is 1.70 bits per heavy atom. The number of H-pyrrole nitrogens is 1. The van der Waals surface area contributed by atoms with E-state index in [0.717, 1.165) is 60.0 Å². The summed E-state index contributed by atoms with van der Waals surface area (Å²) in [5.41, 5.74) is 7.24. The predicted molar refractivity (Wildman–Crippen MR) is 167 cm³/mol. The Balaban J connectivity index is 0.00000280. The molecule has 40 heavy (non-hydrogen) atoms. The average Bonchev–Trinajstić information content (AvgIpc) is 3.31. The van der Waals surface area contributed by atoms with Crippen LogP contribution < -0.4 is 10.6 Å². The van der Waals surface area contributed by atoms with E-state index in [2.05, 4.69) is 14.8 Å². The Labute approximate surface area is 258 Å². The van der Waals surface area contributed by atoms with Crippen LogP contribution in [0.25, 0.3) is 10.2 Å². The van der Waals surface area contributed by atoms with Crippen LogP contribution in [0.2, 0.25) is 0 Å². The number of fused-ring (bicyclic) bond motifs is 1.